The molecule has 0 fully saturated rings. The van der Waals surface area contributed by atoms with Crippen molar-refractivity contribution >= 4 is 45.6 Å². The van der Waals surface area contributed by atoms with E-state index in [1.807, 2.05) is 56.3 Å². The second kappa shape index (κ2) is 10.4. The van der Waals surface area contributed by atoms with Gasteiger partial charge in [-0.3, -0.25) is 9.59 Å². The van der Waals surface area contributed by atoms with Crippen molar-refractivity contribution in [3.8, 4) is 5.75 Å². The molecule has 0 unspecified atom stereocenters. The second-order valence-electron chi connectivity index (χ2n) is 7.87. The molecule has 0 spiro atoms. The molecule has 2 amide bonds. The molecular weight excluding hydrogens is 448 g/mol. The first-order valence-electron chi connectivity index (χ1n) is 11.0. The average Bonchev–Trinajstić information content (AvgIpc) is 2.84. The Balaban J connectivity index is 1.43. The normalized spacial score (nSPS) is 10.7. The average molecular weight is 473 g/mol. The number of anilines is 2. The zero-order valence-electron chi connectivity index (χ0n) is 19.0. The van der Waals surface area contributed by atoms with Crippen LogP contribution in [-0.2, 0) is 4.79 Å². The highest BCUT2D eigenvalue weighted by atomic mass is 35.5. The smallest absolute Gasteiger partial charge is 0.262 e. The molecule has 1 N–H and O–H groups in total. The molecule has 4 rings (SSSR count). The van der Waals surface area contributed by atoms with Crippen LogP contribution >= 0.6 is 11.6 Å². The van der Waals surface area contributed by atoms with Crippen molar-refractivity contribution in [2.75, 3.05) is 23.4 Å². The summed E-state index contributed by atoms with van der Waals surface area (Å²) in [5.74, 6) is 0.214. The number of ether oxygens (including phenoxy) is 1. The minimum absolute atomic E-state index is 0.0988. The van der Waals surface area contributed by atoms with E-state index in [0.717, 1.165) is 22.0 Å². The molecule has 0 radical (unpaired) electrons. The van der Waals surface area contributed by atoms with Crippen LogP contribution in [0.5, 0.6) is 5.75 Å². The van der Waals surface area contributed by atoms with Gasteiger partial charge in [0.25, 0.3) is 11.8 Å². The van der Waals surface area contributed by atoms with Crippen LogP contribution < -0.4 is 15.0 Å². The molecule has 0 aliphatic heterocycles. The van der Waals surface area contributed by atoms with Crippen molar-refractivity contribution in [2.24, 2.45) is 0 Å². The Labute approximate surface area is 203 Å². The van der Waals surface area contributed by atoms with E-state index in [4.69, 9.17) is 16.3 Å². The molecular formula is C28H25ClN2O3. The highest BCUT2D eigenvalue weighted by Gasteiger charge is 2.18. The van der Waals surface area contributed by atoms with Gasteiger partial charge in [-0.05, 0) is 73.3 Å². The minimum atomic E-state index is -0.292. The van der Waals surface area contributed by atoms with Crippen LogP contribution in [0.15, 0.2) is 84.9 Å². The van der Waals surface area contributed by atoms with Crippen molar-refractivity contribution in [2.45, 2.75) is 13.8 Å². The Hall–Kier alpha value is -3.83. The summed E-state index contributed by atoms with van der Waals surface area (Å²) < 4.78 is 5.59. The predicted molar refractivity (Wildman–Crippen MR) is 138 cm³/mol. The van der Waals surface area contributed by atoms with Crippen LogP contribution in [0.1, 0.15) is 22.8 Å². The quantitative estimate of drug-likeness (QED) is 0.334. The van der Waals surface area contributed by atoms with E-state index >= 15 is 0 Å². The molecule has 0 aliphatic rings. The summed E-state index contributed by atoms with van der Waals surface area (Å²) in [5, 5.41) is 5.52. The lowest BCUT2D eigenvalue weighted by Gasteiger charge is -2.23. The Kier molecular flexibility index (Phi) is 7.14. The summed E-state index contributed by atoms with van der Waals surface area (Å²) in [7, 11) is 0. The summed E-state index contributed by atoms with van der Waals surface area (Å²) in [4.78, 5) is 27.3. The molecule has 5 nitrogen and oxygen atoms in total. The van der Waals surface area contributed by atoms with Gasteiger partial charge in [-0.15, -0.1) is 0 Å². The maximum absolute atomic E-state index is 13.3. The zero-order chi connectivity index (χ0) is 24.1. The lowest BCUT2D eigenvalue weighted by molar-refractivity contribution is -0.118. The van der Waals surface area contributed by atoms with Crippen LogP contribution in [0, 0.1) is 6.92 Å². The Bertz CT molecular complexity index is 1330. The minimum Gasteiger partial charge on any atom is -0.483 e. The molecule has 0 heterocycles. The molecule has 6 heteroatoms. The Morgan fingerprint density at radius 2 is 1.68 bits per heavy atom. The van der Waals surface area contributed by atoms with Crippen molar-refractivity contribution < 1.29 is 14.3 Å². The van der Waals surface area contributed by atoms with Crippen LogP contribution in [0.2, 0.25) is 5.02 Å². The number of fused-ring (bicyclic) bond motifs is 1. The number of nitrogens with one attached hydrogen (secondary N) is 1. The predicted octanol–water partition coefficient (Wildman–Crippen LogP) is 6.49. The molecule has 0 aliphatic carbocycles. The number of aryl methyl sites for hydroxylation is 1. The first kappa shape index (κ1) is 23.3. The topological polar surface area (TPSA) is 58.6 Å². The molecule has 4 aromatic carbocycles. The van der Waals surface area contributed by atoms with E-state index in [9.17, 15) is 9.59 Å². The van der Waals surface area contributed by atoms with E-state index in [2.05, 4.69) is 5.32 Å². The van der Waals surface area contributed by atoms with Gasteiger partial charge in [0, 0.05) is 28.2 Å². The van der Waals surface area contributed by atoms with Crippen molar-refractivity contribution in [3.63, 3.8) is 0 Å². The summed E-state index contributed by atoms with van der Waals surface area (Å²) in [5.41, 5.74) is 2.86. The maximum Gasteiger partial charge on any atom is 0.262 e. The van der Waals surface area contributed by atoms with Gasteiger partial charge < -0.3 is 15.0 Å². The van der Waals surface area contributed by atoms with Gasteiger partial charge >= 0.3 is 0 Å². The molecule has 172 valence electrons. The molecule has 0 atom stereocenters. The molecule has 0 saturated carbocycles. The van der Waals surface area contributed by atoms with Gasteiger partial charge in [0.2, 0.25) is 0 Å². The van der Waals surface area contributed by atoms with Gasteiger partial charge in [0.15, 0.2) is 6.61 Å². The molecule has 0 bridgehead atoms. The second-order valence-corrected chi connectivity index (χ2v) is 8.31. The number of carbonyl (C=O) groups is 2. The number of hydrogen-bond donors (Lipinski definition) is 1. The number of carbonyl (C=O) groups excluding carboxylic acids is 2. The lowest BCUT2D eigenvalue weighted by Crippen LogP contribution is -2.30. The van der Waals surface area contributed by atoms with Gasteiger partial charge in [-0.1, -0.05) is 48.0 Å². The third kappa shape index (κ3) is 5.21. The van der Waals surface area contributed by atoms with Crippen LogP contribution in [-0.4, -0.2) is 25.0 Å². The van der Waals surface area contributed by atoms with Crippen molar-refractivity contribution in [1.82, 2.24) is 0 Å². The third-order valence-electron chi connectivity index (χ3n) is 5.53. The monoisotopic (exact) mass is 472 g/mol. The van der Waals surface area contributed by atoms with Gasteiger partial charge in [0.05, 0.1) is 5.69 Å². The van der Waals surface area contributed by atoms with E-state index in [1.165, 1.54) is 0 Å². The maximum atomic E-state index is 13.3. The van der Waals surface area contributed by atoms with Crippen LogP contribution in [0.4, 0.5) is 11.4 Å². The van der Waals surface area contributed by atoms with Crippen LogP contribution in [0.3, 0.4) is 0 Å². The summed E-state index contributed by atoms with van der Waals surface area (Å²) in [6.07, 6.45) is 0. The number of hydrogen-bond acceptors (Lipinski definition) is 3. The van der Waals surface area contributed by atoms with E-state index in [0.29, 0.717) is 28.6 Å². The number of amides is 2. The number of halogens is 1. The van der Waals surface area contributed by atoms with E-state index in [-0.39, 0.29) is 18.4 Å². The van der Waals surface area contributed by atoms with E-state index < -0.39 is 0 Å². The molecule has 34 heavy (non-hydrogen) atoms. The summed E-state index contributed by atoms with van der Waals surface area (Å²) >= 11 is 5.95. The van der Waals surface area contributed by atoms with Crippen molar-refractivity contribution in [1.29, 1.82) is 0 Å². The zero-order valence-corrected chi connectivity index (χ0v) is 19.8. The Morgan fingerprint density at radius 3 is 2.41 bits per heavy atom. The highest BCUT2D eigenvalue weighted by Crippen LogP contribution is 2.28. The van der Waals surface area contributed by atoms with Gasteiger partial charge in [-0.25, -0.2) is 0 Å². The Morgan fingerprint density at radius 1 is 0.941 bits per heavy atom. The third-order valence-corrected chi connectivity index (χ3v) is 5.77. The molecule has 4 aromatic rings. The fourth-order valence-corrected chi connectivity index (χ4v) is 4.06. The molecule has 0 saturated heterocycles. The first-order valence-corrected chi connectivity index (χ1v) is 11.4. The summed E-state index contributed by atoms with van der Waals surface area (Å²) in [6, 6.07) is 26.1. The molecule has 0 aromatic heterocycles. The highest BCUT2D eigenvalue weighted by molar-refractivity contribution is 6.30. The summed E-state index contributed by atoms with van der Waals surface area (Å²) in [6.45, 7) is 4.23. The largest absolute Gasteiger partial charge is 0.483 e. The lowest BCUT2D eigenvalue weighted by atomic mass is 10.1. The van der Waals surface area contributed by atoms with Gasteiger partial charge in [0.1, 0.15) is 5.75 Å². The standard InChI is InChI=1S/C28H25ClN2O3/c1-3-31(25-10-6-8-20-7-4-5-9-24(20)25)28(33)21-11-14-23(15-12-21)30-27(32)18-34-26-16-13-22(29)17-19(26)2/h4-17H,3,18H2,1-2H3,(H,30,32). The fraction of sp³-hybridized carbons (Fsp3) is 0.143. The SMILES string of the molecule is CCN(C(=O)c1ccc(NC(=O)COc2ccc(Cl)cc2C)cc1)c1cccc2ccccc12. The van der Waals surface area contributed by atoms with Crippen LogP contribution in [0.25, 0.3) is 10.8 Å². The number of rotatable bonds is 7. The van der Waals surface area contributed by atoms with Gasteiger partial charge in [-0.2, -0.15) is 0 Å². The fourth-order valence-electron chi connectivity index (χ4n) is 3.83. The first-order chi connectivity index (χ1) is 16.5. The number of nitrogens with zero attached hydrogens (tertiary/aromatic N) is 1. The van der Waals surface area contributed by atoms with Crippen molar-refractivity contribution in [3.05, 3.63) is 101 Å². The number of benzene rings is 4. The van der Waals surface area contributed by atoms with E-state index in [1.54, 1.807) is 47.4 Å².